The molecule has 2 aromatic rings. The number of aromatic nitrogens is 2. The lowest BCUT2D eigenvalue weighted by Crippen LogP contribution is -2.36. The molecular weight excluding hydrogens is 310 g/mol. The van der Waals surface area contributed by atoms with Gasteiger partial charge >= 0.3 is 0 Å². The van der Waals surface area contributed by atoms with E-state index in [1.165, 1.54) is 12.3 Å². The van der Waals surface area contributed by atoms with E-state index >= 15 is 0 Å². The molecule has 3 rings (SSSR count). The zero-order valence-electron chi connectivity index (χ0n) is 13.5. The molecule has 24 heavy (non-hydrogen) atoms. The minimum absolute atomic E-state index is 0.0555. The number of hydrogen-bond donors (Lipinski definition) is 0. The Morgan fingerprint density at radius 1 is 1.29 bits per heavy atom. The molecule has 0 saturated heterocycles. The fourth-order valence-electron chi connectivity index (χ4n) is 2.65. The Kier molecular flexibility index (Phi) is 4.11. The standard InChI is InChI=1S/C16H17N5O3/c1-19(2)15-4-3-11(8-18-15)16(22)20-6-5-14-12(10-20)7-13(9-17-14)21(23)24/h3-4,7-9H,5-6,10H2,1-2H3. The minimum Gasteiger partial charge on any atom is -0.363 e. The van der Waals surface area contributed by atoms with Crippen molar-refractivity contribution in [2.24, 2.45) is 0 Å². The zero-order chi connectivity index (χ0) is 17.3. The predicted octanol–water partition coefficient (Wildman–Crippen LogP) is 1.65. The van der Waals surface area contributed by atoms with E-state index in [1.807, 2.05) is 19.0 Å². The monoisotopic (exact) mass is 327 g/mol. The number of hydrogen-bond acceptors (Lipinski definition) is 6. The lowest BCUT2D eigenvalue weighted by Gasteiger charge is -2.28. The molecule has 0 spiro atoms. The van der Waals surface area contributed by atoms with Gasteiger partial charge in [-0.25, -0.2) is 4.98 Å². The van der Waals surface area contributed by atoms with Crippen LogP contribution in [0, 0.1) is 10.1 Å². The molecule has 0 unspecified atom stereocenters. The van der Waals surface area contributed by atoms with Crippen LogP contribution >= 0.6 is 0 Å². The van der Waals surface area contributed by atoms with Crippen molar-refractivity contribution in [3.8, 4) is 0 Å². The third-order valence-electron chi connectivity index (χ3n) is 3.98. The normalized spacial score (nSPS) is 13.3. The van der Waals surface area contributed by atoms with Crippen molar-refractivity contribution in [1.29, 1.82) is 0 Å². The topological polar surface area (TPSA) is 92.5 Å². The van der Waals surface area contributed by atoms with E-state index < -0.39 is 4.92 Å². The molecule has 0 fully saturated rings. The van der Waals surface area contributed by atoms with Crippen LogP contribution in [0.3, 0.4) is 0 Å². The molecule has 1 aliphatic rings. The van der Waals surface area contributed by atoms with Gasteiger partial charge in [-0.1, -0.05) is 0 Å². The third-order valence-corrected chi connectivity index (χ3v) is 3.98. The second-order valence-electron chi connectivity index (χ2n) is 5.83. The van der Waals surface area contributed by atoms with Crippen LogP contribution in [0.1, 0.15) is 21.6 Å². The summed E-state index contributed by atoms with van der Waals surface area (Å²) in [7, 11) is 3.76. The molecule has 0 atom stereocenters. The highest BCUT2D eigenvalue weighted by Crippen LogP contribution is 2.23. The number of nitrogens with zero attached hydrogens (tertiary/aromatic N) is 5. The van der Waals surface area contributed by atoms with Crippen LogP contribution in [0.5, 0.6) is 0 Å². The van der Waals surface area contributed by atoms with Gasteiger partial charge in [0.25, 0.3) is 11.6 Å². The van der Waals surface area contributed by atoms with Crippen LogP contribution in [0.2, 0.25) is 0 Å². The first-order chi connectivity index (χ1) is 11.5. The van der Waals surface area contributed by atoms with Crippen LogP contribution in [-0.2, 0) is 13.0 Å². The van der Waals surface area contributed by atoms with Crippen molar-refractivity contribution in [2.75, 3.05) is 25.5 Å². The largest absolute Gasteiger partial charge is 0.363 e. The van der Waals surface area contributed by atoms with E-state index in [0.717, 1.165) is 17.1 Å². The number of carbonyl (C=O) groups excluding carboxylic acids is 1. The van der Waals surface area contributed by atoms with Gasteiger partial charge in [0, 0.05) is 51.6 Å². The Labute approximate surface area is 138 Å². The summed E-state index contributed by atoms with van der Waals surface area (Å²) < 4.78 is 0. The summed E-state index contributed by atoms with van der Waals surface area (Å²) in [6.45, 7) is 0.852. The summed E-state index contributed by atoms with van der Waals surface area (Å²) in [5, 5.41) is 10.9. The van der Waals surface area contributed by atoms with Crippen LogP contribution < -0.4 is 4.90 Å². The SMILES string of the molecule is CN(C)c1ccc(C(=O)N2CCc3ncc([N+](=O)[O-])cc3C2)cn1. The first-order valence-electron chi connectivity index (χ1n) is 7.50. The quantitative estimate of drug-likeness (QED) is 0.628. The van der Waals surface area contributed by atoms with E-state index in [2.05, 4.69) is 9.97 Å². The molecule has 0 radical (unpaired) electrons. The van der Waals surface area contributed by atoms with Crippen molar-refractivity contribution in [1.82, 2.24) is 14.9 Å². The molecule has 2 aromatic heterocycles. The van der Waals surface area contributed by atoms with Gasteiger partial charge in [-0.2, -0.15) is 0 Å². The molecule has 0 aromatic carbocycles. The van der Waals surface area contributed by atoms with Crippen molar-refractivity contribution in [2.45, 2.75) is 13.0 Å². The fraction of sp³-hybridized carbons (Fsp3) is 0.312. The van der Waals surface area contributed by atoms with Crippen LogP contribution in [-0.4, -0.2) is 46.3 Å². The summed E-state index contributed by atoms with van der Waals surface area (Å²) >= 11 is 0. The second kappa shape index (κ2) is 6.23. The van der Waals surface area contributed by atoms with E-state index in [4.69, 9.17) is 0 Å². The molecule has 3 heterocycles. The van der Waals surface area contributed by atoms with Gasteiger partial charge in [0.15, 0.2) is 0 Å². The van der Waals surface area contributed by atoms with Crippen LogP contribution in [0.15, 0.2) is 30.6 Å². The van der Waals surface area contributed by atoms with Crippen molar-refractivity contribution in [3.05, 3.63) is 57.5 Å². The number of fused-ring (bicyclic) bond motifs is 1. The predicted molar refractivity (Wildman–Crippen MR) is 87.9 cm³/mol. The Bertz CT molecular complexity index is 789. The molecule has 1 amide bonds. The highest BCUT2D eigenvalue weighted by atomic mass is 16.6. The third kappa shape index (κ3) is 3.03. The molecule has 0 aliphatic carbocycles. The van der Waals surface area contributed by atoms with Crippen molar-refractivity contribution < 1.29 is 9.72 Å². The molecule has 0 N–H and O–H groups in total. The smallest absolute Gasteiger partial charge is 0.287 e. The fourth-order valence-corrected chi connectivity index (χ4v) is 2.65. The highest BCUT2D eigenvalue weighted by Gasteiger charge is 2.24. The number of rotatable bonds is 3. The maximum atomic E-state index is 12.6. The lowest BCUT2D eigenvalue weighted by molar-refractivity contribution is -0.385. The molecule has 8 nitrogen and oxygen atoms in total. The average Bonchev–Trinajstić information content (AvgIpc) is 2.60. The van der Waals surface area contributed by atoms with Gasteiger partial charge in [-0.3, -0.25) is 19.9 Å². The summed E-state index contributed by atoms with van der Waals surface area (Å²) in [5.74, 6) is 0.639. The summed E-state index contributed by atoms with van der Waals surface area (Å²) in [5.41, 5.74) is 1.98. The molecular formula is C16H17N5O3. The molecule has 124 valence electrons. The number of carbonyl (C=O) groups is 1. The molecule has 8 heteroatoms. The Morgan fingerprint density at radius 3 is 2.71 bits per heavy atom. The van der Waals surface area contributed by atoms with Crippen molar-refractivity contribution >= 4 is 17.4 Å². The van der Waals surface area contributed by atoms with E-state index in [9.17, 15) is 14.9 Å². The van der Waals surface area contributed by atoms with Gasteiger partial charge in [-0.05, 0) is 17.7 Å². The van der Waals surface area contributed by atoms with Gasteiger partial charge in [-0.15, -0.1) is 0 Å². The number of nitro groups is 1. The van der Waals surface area contributed by atoms with E-state index in [0.29, 0.717) is 25.1 Å². The van der Waals surface area contributed by atoms with E-state index in [-0.39, 0.29) is 11.6 Å². The second-order valence-corrected chi connectivity index (χ2v) is 5.83. The molecule has 1 aliphatic heterocycles. The van der Waals surface area contributed by atoms with Crippen LogP contribution in [0.4, 0.5) is 11.5 Å². The highest BCUT2D eigenvalue weighted by molar-refractivity contribution is 5.94. The Morgan fingerprint density at radius 2 is 2.08 bits per heavy atom. The van der Waals surface area contributed by atoms with Gasteiger partial charge in [0.1, 0.15) is 12.0 Å². The van der Waals surface area contributed by atoms with Gasteiger partial charge < -0.3 is 9.80 Å². The first-order valence-corrected chi connectivity index (χ1v) is 7.50. The number of anilines is 1. The minimum atomic E-state index is -0.474. The van der Waals surface area contributed by atoms with E-state index in [1.54, 1.807) is 23.2 Å². The van der Waals surface area contributed by atoms with Crippen molar-refractivity contribution in [3.63, 3.8) is 0 Å². The number of pyridine rings is 2. The summed E-state index contributed by atoms with van der Waals surface area (Å²) in [4.78, 5) is 35.0. The Balaban J connectivity index is 1.80. The van der Waals surface area contributed by atoms with Crippen LogP contribution in [0.25, 0.3) is 0 Å². The maximum Gasteiger partial charge on any atom is 0.287 e. The van der Waals surface area contributed by atoms with Gasteiger partial charge in [0.05, 0.1) is 10.5 Å². The number of amides is 1. The average molecular weight is 327 g/mol. The zero-order valence-corrected chi connectivity index (χ0v) is 13.5. The summed E-state index contributed by atoms with van der Waals surface area (Å²) in [6, 6.07) is 5.03. The molecule has 0 bridgehead atoms. The first kappa shape index (κ1) is 15.9. The maximum absolute atomic E-state index is 12.6. The molecule has 0 saturated carbocycles. The summed E-state index contributed by atoms with van der Waals surface area (Å²) in [6.07, 6.45) is 3.40. The van der Waals surface area contributed by atoms with Gasteiger partial charge in [0.2, 0.25) is 0 Å². The Hall–Kier alpha value is -3.03. The lowest BCUT2D eigenvalue weighted by atomic mass is 10.0.